The number of nitrogens with zero attached hydrogens (tertiary/aromatic N) is 1. The van der Waals surface area contributed by atoms with E-state index in [1.165, 1.54) is 15.3 Å². The molecule has 2 aromatic heterocycles. The Morgan fingerprint density at radius 3 is 2.92 bits per heavy atom. The highest BCUT2D eigenvalue weighted by Crippen LogP contribution is 2.39. The number of carbonyl (C=O) groups is 1. The molecule has 6 heteroatoms. The Labute approximate surface area is 163 Å². The maximum atomic E-state index is 12.9. The van der Waals surface area contributed by atoms with E-state index in [4.69, 9.17) is 4.74 Å². The van der Waals surface area contributed by atoms with Gasteiger partial charge in [0.1, 0.15) is 5.75 Å². The molecule has 1 aliphatic rings. The zero-order valence-electron chi connectivity index (χ0n) is 13.4. The highest BCUT2D eigenvalue weighted by Gasteiger charge is 2.33. The molecule has 1 atom stereocenters. The zero-order valence-corrected chi connectivity index (χ0v) is 16.6. The topological polar surface area (TPSA) is 29.5 Å². The third kappa shape index (κ3) is 3.52. The summed E-state index contributed by atoms with van der Waals surface area (Å²) in [5, 5.41) is 4.19. The lowest BCUT2D eigenvalue weighted by Gasteiger charge is -2.35. The molecule has 1 amide bonds. The average Bonchev–Trinajstić information content (AvgIpc) is 3.30. The van der Waals surface area contributed by atoms with Crippen LogP contribution in [0.4, 0.5) is 0 Å². The molecule has 0 N–H and O–H groups in total. The van der Waals surface area contributed by atoms with Crippen LogP contribution in [0, 0.1) is 0 Å². The fourth-order valence-electron chi connectivity index (χ4n) is 3.12. The van der Waals surface area contributed by atoms with Gasteiger partial charge in [-0.05, 0) is 53.1 Å². The second-order valence-electron chi connectivity index (χ2n) is 5.80. The minimum atomic E-state index is 0.00797. The molecule has 0 fully saturated rings. The number of halogens is 1. The van der Waals surface area contributed by atoms with Crippen LogP contribution >= 0.6 is 38.6 Å². The van der Waals surface area contributed by atoms with Gasteiger partial charge in [0.05, 0.1) is 6.04 Å². The van der Waals surface area contributed by atoms with Crippen molar-refractivity contribution in [3.05, 3.63) is 73.0 Å². The summed E-state index contributed by atoms with van der Waals surface area (Å²) < 4.78 is 6.66. The Hall–Kier alpha value is -1.63. The first-order valence-electron chi connectivity index (χ1n) is 8.00. The molecule has 128 valence electrons. The molecule has 0 saturated heterocycles. The van der Waals surface area contributed by atoms with Crippen molar-refractivity contribution in [3.8, 4) is 5.75 Å². The summed E-state index contributed by atoms with van der Waals surface area (Å²) in [6.45, 7) is 0.786. The number of ether oxygens (including phenoxy) is 1. The molecule has 3 nitrogen and oxygen atoms in total. The predicted molar refractivity (Wildman–Crippen MR) is 106 cm³/mol. The van der Waals surface area contributed by atoms with E-state index < -0.39 is 0 Å². The number of carbonyl (C=O) groups excluding carboxylic acids is 1. The Balaban J connectivity index is 1.55. The minimum Gasteiger partial charge on any atom is -0.484 e. The van der Waals surface area contributed by atoms with Gasteiger partial charge in [0.25, 0.3) is 5.91 Å². The first kappa shape index (κ1) is 16.8. The number of thiophene rings is 2. The van der Waals surface area contributed by atoms with Gasteiger partial charge in [0, 0.05) is 20.8 Å². The molecule has 1 unspecified atom stereocenters. The smallest absolute Gasteiger partial charge is 0.261 e. The summed E-state index contributed by atoms with van der Waals surface area (Å²) in [5.74, 6) is 0.721. The fraction of sp³-hybridized carbons (Fsp3) is 0.211. The molecule has 0 aliphatic carbocycles. The maximum Gasteiger partial charge on any atom is 0.261 e. The van der Waals surface area contributed by atoms with Crippen molar-refractivity contribution in [1.29, 1.82) is 0 Å². The second-order valence-corrected chi connectivity index (χ2v) is 8.70. The van der Waals surface area contributed by atoms with Crippen molar-refractivity contribution >= 4 is 44.5 Å². The number of amides is 1. The highest BCUT2D eigenvalue weighted by atomic mass is 79.9. The van der Waals surface area contributed by atoms with Crippen LogP contribution in [0.25, 0.3) is 0 Å². The normalized spacial score (nSPS) is 16.5. The third-order valence-electron chi connectivity index (χ3n) is 4.26. The van der Waals surface area contributed by atoms with Gasteiger partial charge in [-0.25, -0.2) is 0 Å². The van der Waals surface area contributed by atoms with Gasteiger partial charge in [0.2, 0.25) is 0 Å². The van der Waals surface area contributed by atoms with E-state index in [1.54, 1.807) is 22.7 Å². The van der Waals surface area contributed by atoms with E-state index in [0.717, 1.165) is 17.4 Å². The number of hydrogen-bond acceptors (Lipinski definition) is 4. The molecule has 1 aliphatic heterocycles. The minimum absolute atomic E-state index is 0.00797. The molecule has 0 radical (unpaired) electrons. The Morgan fingerprint density at radius 1 is 1.20 bits per heavy atom. The average molecular weight is 434 g/mol. The molecule has 0 saturated carbocycles. The van der Waals surface area contributed by atoms with Gasteiger partial charge in [-0.15, -0.1) is 22.7 Å². The van der Waals surface area contributed by atoms with Crippen LogP contribution in [0.3, 0.4) is 0 Å². The van der Waals surface area contributed by atoms with Gasteiger partial charge in [-0.3, -0.25) is 4.79 Å². The number of rotatable bonds is 4. The summed E-state index contributed by atoms with van der Waals surface area (Å²) >= 11 is 6.90. The van der Waals surface area contributed by atoms with Gasteiger partial charge in [0.15, 0.2) is 6.61 Å². The van der Waals surface area contributed by atoms with E-state index in [2.05, 4.69) is 38.8 Å². The first-order valence-corrected chi connectivity index (χ1v) is 10.5. The molecule has 25 heavy (non-hydrogen) atoms. The van der Waals surface area contributed by atoms with E-state index in [0.29, 0.717) is 5.75 Å². The predicted octanol–water partition coefficient (Wildman–Crippen LogP) is 5.13. The van der Waals surface area contributed by atoms with Crippen molar-refractivity contribution in [2.45, 2.75) is 12.5 Å². The van der Waals surface area contributed by atoms with E-state index in [1.807, 2.05) is 35.2 Å². The van der Waals surface area contributed by atoms with E-state index in [9.17, 15) is 4.79 Å². The lowest BCUT2D eigenvalue weighted by molar-refractivity contribution is -0.135. The highest BCUT2D eigenvalue weighted by molar-refractivity contribution is 9.10. The van der Waals surface area contributed by atoms with Crippen LogP contribution < -0.4 is 4.74 Å². The summed E-state index contributed by atoms with van der Waals surface area (Å²) in [4.78, 5) is 17.4. The summed E-state index contributed by atoms with van der Waals surface area (Å²) in [6.07, 6.45) is 0.914. The SMILES string of the molecule is O=C(COc1cccc(Br)c1)N1CCc2sccc2C1c1cccs1. The molecule has 0 spiro atoms. The molecular formula is C19H16BrNO2S2. The van der Waals surface area contributed by atoms with Crippen LogP contribution in [-0.2, 0) is 11.2 Å². The van der Waals surface area contributed by atoms with Crippen molar-refractivity contribution in [3.63, 3.8) is 0 Å². The molecular weight excluding hydrogens is 418 g/mol. The van der Waals surface area contributed by atoms with Crippen molar-refractivity contribution in [2.75, 3.05) is 13.2 Å². The molecule has 4 rings (SSSR count). The van der Waals surface area contributed by atoms with Crippen molar-refractivity contribution < 1.29 is 9.53 Å². The van der Waals surface area contributed by atoms with E-state index >= 15 is 0 Å². The van der Waals surface area contributed by atoms with E-state index in [-0.39, 0.29) is 18.6 Å². The standard InChI is InChI=1S/C19H16BrNO2S2/c20-13-3-1-4-14(11-13)23-12-18(22)21-8-6-16-15(7-10-25-16)19(21)17-5-2-9-24-17/h1-5,7,9-11,19H,6,8,12H2. The summed E-state index contributed by atoms with van der Waals surface area (Å²) in [7, 11) is 0. The van der Waals surface area contributed by atoms with Crippen LogP contribution in [0.15, 0.2) is 57.7 Å². The first-order chi connectivity index (χ1) is 12.2. The second kappa shape index (κ2) is 7.32. The lowest BCUT2D eigenvalue weighted by atomic mass is 9.98. The Bertz CT molecular complexity index is 875. The summed E-state index contributed by atoms with van der Waals surface area (Å²) in [5.41, 5.74) is 1.26. The van der Waals surface area contributed by atoms with Crippen molar-refractivity contribution in [2.24, 2.45) is 0 Å². The number of hydrogen-bond donors (Lipinski definition) is 0. The lowest BCUT2D eigenvalue weighted by Crippen LogP contribution is -2.42. The van der Waals surface area contributed by atoms with Gasteiger partial charge < -0.3 is 9.64 Å². The molecule has 1 aromatic carbocycles. The quantitative estimate of drug-likeness (QED) is 0.570. The van der Waals surface area contributed by atoms with Gasteiger partial charge in [-0.1, -0.05) is 28.1 Å². The fourth-order valence-corrected chi connectivity index (χ4v) is 5.26. The van der Waals surface area contributed by atoms with Crippen molar-refractivity contribution in [1.82, 2.24) is 4.90 Å². The molecule has 3 heterocycles. The van der Waals surface area contributed by atoms with Gasteiger partial charge >= 0.3 is 0 Å². The molecule has 3 aromatic rings. The molecule has 0 bridgehead atoms. The zero-order chi connectivity index (χ0) is 17.2. The maximum absolute atomic E-state index is 12.9. The number of benzene rings is 1. The van der Waals surface area contributed by atoms with Crippen LogP contribution in [0.1, 0.15) is 21.4 Å². The summed E-state index contributed by atoms with van der Waals surface area (Å²) in [6, 6.07) is 13.9. The largest absolute Gasteiger partial charge is 0.484 e. The van der Waals surface area contributed by atoms with Gasteiger partial charge in [-0.2, -0.15) is 0 Å². The van der Waals surface area contributed by atoms with Crippen LogP contribution in [0.2, 0.25) is 0 Å². The monoisotopic (exact) mass is 433 g/mol. The van der Waals surface area contributed by atoms with Crippen LogP contribution in [-0.4, -0.2) is 24.0 Å². The Kier molecular flexibility index (Phi) is 4.92. The third-order valence-corrected chi connectivity index (χ3v) is 6.67. The Morgan fingerprint density at radius 2 is 2.12 bits per heavy atom. The van der Waals surface area contributed by atoms with Crippen LogP contribution in [0.5, 0.6) is 5.75 Å². The number of fused-ring (bicyclic) bond motifs is 1.